The van der Waals surface area contributed by atoms with Crippen LogP contribution in [-0.4, -0.2) is 27.6 Å². The molecule has 0 saturated heterocycles. The number of pyridine rings is 1. The Hall–Kier alpha value is -2.37. The lowest BCUT2D eigenvalue weighted by molar-refractivity contribution is 0.0951. The number of aryl methyl sites for hydroxylation is 1. The van der Waals surface area contributed by atoms with Crippen LogP contribution in [0.15, 0.2) is 24.7 Å². The fourth-order valence-corrected chi connectivity index (χ4v) is 1.75. The zero-order valence-corrected chi connectivity index (χ0v) is 11.0. The highest BCUT2D eigenvalue weighted by Gasteiger charge is 2.11. The van der Waals surface area contributed by atoms with Crippen molar-refractivity contribution in [3.63, 3.8) is 0 Å². The Labute approximate surface area is 111 Å². The largest absolute Gasteiger partial charge is 0.383 e. The van der Waals surface area contributed by atoms with Gasteiger partial charge in [-0.15, -0.1) is 0 Å². The van der Waals surface area contributed by atoms with E-state index in [4.69, 9.17) is 0 Å². The summed E-state index contributed by atoms with van der Waals surface area (Å²) >= 11 is 0. The topological polar surface area (TPSA) is 82.7 Å². The van der Waals surface area contributed by atoms with Crippen LogP contribution in [0.2, 0.25) is 0 Å². The van der Waals surface area contributed by atoms with E-state index >= 15 is 0 Å². The summed E-state index contributed by atoms with van der Waals surface area (Å²) < 4.78 is 0. The molecule has 1 amide bonds. The number of aromatic nitrogens is 3. The molecule has 2 rings (SSSR count). The Morgan fingerprint density at radius 2 is 2.26 bits per heavy atom. The first kappa shape index (κ1) is 13.1. The van der Waals surface area contributed by atoms with Crippen molar-refractivity contribution in [1.82, 2.24) is 20.5 Å². The second-order valence-electron chi connectivity index (χ2n) is 4.15. The highest BCUT2D eigenvalue weighted by molar-refractivity contribution is 5.99. The van der Waals surface area contributed by atoms with Gasteiger partial charge in [-0.25, -0.2) is 0 Å². The second kappa shape index (κ2) is 5.99. The maximum Gasteiger partial charge on any atom is 0.253 e. The minimum Gasteiger partial charge on any atom is -0.383 e. The minimum absolute atomic E-state index is 0.126. The summed E-state index contributed by atoms with van der Waals surface area (Å²) in [7, 11) is 0. The van der Waals surface area contributed by atoms with Gasteiger partial charge in [0.1, 0.15) is 0 Å². The summed E-state index contributed by atoms with van der Waals surface area (Å²) in [6.07, 6.45) is 4.98. The number of anilines is 1. The van der Waals surface area contributed by atoms with Crippen LogP contribution in [-0.2, 0) is 6.54 Å². The van der Waals surface area contributed by atoms with Crippen LogP contribution in [0.1, 0.15) is 28.5 Å². The number of nitrogens with zero attached hydrogens (tertiary/aromatic N) is 2. The van der Waals surface area contributed by atoms with Gasteiger partial charge in [0, 0.05) is 30.5 Å². The SMILES string of the molecule is CCNc1cnccc1C(=O)NCc1cn[nH]c1C. The maximum atomic E-state index is 12.1. The molecule has 0 unspecified atom stereocenters. The van der Waals surface area contributed by atoms with E-state index in [1.165, 1.54) is 0 Å². The smallest absolute Gasteiger partial charge is 0.253 e. The zero-order valence-electron chi connectivity index (χ0n) is 11.0. The first-order valence-corrected chi connectivity index (χ1v) is 6.17. The van der Waals surface area contributed by atoms with Crippen LogP contribution >= 0.6 is 0 Å². The molecule has 6 nitrogen and oxygen atoms in total. The minimum atomic E-state index is -0.126. The van der Waals surface area contributed by atoms with Gasteiger partial charge < -0.3 is 10.6 Å². The molecule has 6 heteroatoms. The molecule has 0 atom stereocenters. The highest BCUT2D eigenvalue weighted by Crippen LogP contribution is 2.13. The van der Waals surface area contributed by atoms with Gasteiger partial charge in [0.25, 0.3) is 5.91 Å². The lowest BCUT2D eigenvalue weighted by Crippen LogP contribution is -2.24. The Morgan fingerprint density at radius 3 is 2.95 bits per heavy atom. The normalized spacial score (nSPS) is 10.2. The van der Waals surface area contributed by atoms with Crippen LogP contribution in [0.3, 0.4) is 0 Å². The fraction of sp³-hybridized carbons (Fsp3) is 0.308. The lowest BCUT2D eigenvalue weighted by Gasteiger charge is -2.10. The number of carbonyl (C=O) groups excluding carboxylic acids is 1. The summed E-state index contributed by atoms with van der Waals surface area (Å²) in [5.74, 6) is -0.126. The van der Waals surface area contributed by atoms with Crippen molar-refractivity contribution < 1.29 is 4.79 Å². The molecule has 0 aliphatic heterocycles. The van der Waals surface area contributed by atoms with Crippen molar-refractivity contribution in [3.05, 3.63) is 41.5 Å². The van der Waals surface area contributed by atoms with Gasteiger partial charge in [0.15, 0.2) is 0 Å². The average Bonchev–Trinajstić information content (AvgIpc) is 2.82. The number of carbonyl (C=O) groups is 1. The number of amides is 1. The third kappa shape index (κ3) is 3.09. The summed E-state index contributed by atoms with van der Waals surface area (Å²) in [5.41, 5.74) is 3.28. The van der Waals surface area contributed by atoms with Crippen molar-refractivity contribution in [3.8, 4) is 0 Å². The van der Waals surface area contributed by atoms with E-state index in [9.17, 15) is 4.79 Å². The summed E-state index contributed by atoms with van der Waals surface area (Å²) in [6.45, 7) is 5.09. The van der Waals surface area contributed by atoms with Gasteiger partial charge in [-0.05, 0) is 19.9 Å². The van der Waals surface area contributed by atoms with Crippen molar-refractivity contribution in [2.24, 2.45) is 0 Å². The first-order chi connectivity index (χ1) is 9.22. The molecule has 0 radical (unpaired) electrons. The number of rotatable bonds is 5. The quantitative estimate of drug-likeness (QED) is 0.759. The van der Waals surface area contributed by atoms with Crippen molar-refractivity contribution in [2.75, 3.05) is 11.9 Å². The van der Waals surface area contributed by atoms with Gasteiger partial charge in [-0.1, -0.05) is 0 Å². The Kier molecular flexibility index (Phi) is 4.12. The number of aromatic amines is 1. The van der Waals surface area contributed by atoms with Gasteiger partial charge in [0.05, 0.1) is 23.6 Å². The van der Waals surface area contributed by atoms with Gasteiger partial charge >= 0.3 is 0 Å². The predicted octanol–water partition coefficient (Wildman–Crippen LogP) is 1.47. The zero-order chi connectivity index (χ0) is 13.7. The Bertz CT molecular complexity index is 564. The molecule has 2 aromatic rings. The van der Waals surface area contributed by atoms with E-state index in [1.54, 1.807) is 24.7 Å². The molecular formula is C13H17N5O. The fourth-order valence-electron chi connectivity index (χ4n) is 1.75. The van der Waals surface area contributed by atoms with Gasteiger partial charge in [0.2, 0.25) is 0 Å². The van der Waals surface area contributed by atoms with E-state index in [2.05, 4.69) is 25.8 Å². The molecule has 0 aliphatic rings. The molecule has 2 heterocycles. The molecule has 0 saturated carbocycles. The van der Waals surface area contributed by atoms with E-state index in [1.807, 2.05) is 13.8 Å². The van der Waals surface area contributed by atoms with Gasteiger partial charge in [-0.3, -0.25) is 14.9 Å². The Balaban J connectivity index is 2.06. The molecule has 0 spiro atoms. The molecule has 19 heavy (non-hydrogen) atoms. The predicted molar refractivity (Wildman–Crippen MR) is 72.9 cm³/mol. The van der Waals surface area contributed by atoms with Crippen LogP contribution in [0.5, 0.6) is 0 Å². The summed E-state index contributed by atoms with van der Waals surface area (Å²) in [6, 6.07) is 1.70. The monoisotopic (exact) mass is 259 g/mol. The number of hydrogen-bond donors (Lipinski definition) is 3. The van der Waals surface area contributed by atoms with Crippen molar-refractivity contribution in [1.29, 1.82) is 0 Å². The molecule has 2 aromatic heterocycles. The van der Waals surface area contributed by atoms with Crippen molar-refractivity contribution >= 4 is 11.6 Å². The van der Waals surface area contributed by atoms with Crippen molar-refractivity contribution in [2.45, 2.75) is 20.4 Å². The molecular weight excluding hydrogens is 242 g/mol. The van der Waals surface area contributed by atoms with E-state index in [-0.39, 0.29) is 5.91 Å². The van der Waals surface area contributed by atoms with E-state index < -0.39 is 0 Å². The molecule has 0 fully saturated rings. The summed E-state index contributed by atoms with van der Waals surface area (Å²) in [5, 5.41) is 12.8. The number of nitrogens with one attached hydrogen (secondary N) is 3. The molecule has 0 aliphatic carbocycles. The maximum absolute atomic E-state index is 12.1. The second-order valence-corrected chi connectivity index (χ2v) is 4.15. The third-order valence-corrected chi connectivity index (χ3v) is 2.81. The van der Waals surface area contributed by atoms with Crippen LogP contribution in [0, 0.1) is 6.92 Å². The standard InChI is InChI=1S/C13H17N5O/c1-3-15-12-8-14-5-4-11(12)13(19)16-6-10-7-17-18-9(10)2/h4-5,7-8,15H,3,6H2,1-2H3,(H,16,19)(H,17,18). The molecule has 3 N–H and O–H groups in total. The van der Waals surface area contributed by atoms with Crippen LogP contribution < -0.4 is 10.6 Å². The lowest BCUT2D eigenvalue weighted by atomic mass is 10.2. The molecule has 0 bridgehead atoms. The average molecular weight is 259 g/mol. The highest BCUT2D eigenvalue weighted by atomic mass is 16.1. The van der Waals surface area contributed by atoms with E-state index in [0.717, 1.165) is 23.5 Å². The number of H-pyrrole nitrogens is 1. The van der Waals surface area contributed by atoms with E-state index in [0.29, 0.717) is 12.1 Å². The Morgan fingerprint density at radius 1 is 1.42 bits per heavy atom. The summed E-state index contributed by atoms with van der Waals surface area (Å²) in [4.78, 5) is 16.2. The molecule has 100 valence electrons. The third-order valence-electron chi connectivity index (χ3n) is 2.81. The molecule has 0 aromatic carbocycles. The number of hydrogen-bond acceptors (Lipinski definition) is 4. The van der Waals surface area contributed by atoms with Crippen LogP contribution in [0.25, 0.3) is 0 Å². The van der Waals surface area contributed by atoms with Gasteiger partial charge in [-0.2, -0.15) is 5.10 Å². The first-order valence-electron chi connectivity index (χ1n) is 6.17. The van der Waals surface area contributed by atoms with Crippen LogP contribution in [0.4, 0.5) is 5.69 Å².